The number of alkyl halides is 24. The van der Waals surface area contributed by atoms with Crippen LogP contribution in [0.4, 0.5) is 105 Å². The summed E-state index contributed by atoms with van der Waals surface area (Å²) >= 11 is 1.45. The van der Waals surface area contributed by atoms with Crippen LogP contribution in [0.2, 0.25) is 0 Å². The predicted molar refractivity (Wildman–Crippen MR) is 218 cm³/mol. The topological polar surface area (TPSA) is 17.1 Å². The SMILES string of the molecule is FC(F)(F)c1cc([B-](c2cc(C(F)(F)F)cc(C(F)(F)F)c2)(c2cc(C(F)(F)F)cc(C(F)(F)F)c2)c2cc(C(F)(F)F)cc(C(F)(F)F)c2)cc(C(F)(F)F)c1.O=C1CCCC1[SH+]CC1CCCCCC1. The third-order valence-electron chi connectivity index (χ3n) is 12.3. The van der Waals surface area contributed by atoms with Gasteiger partial charge in [-0.15, -0.1) is 0 Å². The first-order valence-corrected chi connectivity index (χ1v) is 22.3. The molecule has 0 aromatic heterocycles. The summed E-state index contributed by atoms with van der Waals surface area (Å²) in [4.78, 5) is 11.5. The fourth-order valence-corrected chi connectivity index (χ4v) is 10.5. The monoisotopic (exact) mass is 1090 g/mol. The summed E-state index contributed by atoms with van der Waals surface area (Å²) < 4.78 is 341. The second-order valence-electron chi connectivity index (χ2n) is 17.3. The average Bonchev–Trinajstić information content (AvgIpc) is 3.46. The minimum Gasteiger partial charge on any atom is -0.294 e. The van der Waals surface area contributed by atoms with E-state index in [9.17, 15) is 110 Å². The van der Waals surface area contributed by atoms with Crippen molar-refractivity contribution in [2.45, 2.75) is 112 Å². The summed E-state index contributed by atoms with van der Waals surface area (Å²) in [7, 11) is 0. The van der Waals surface area contributed by atoms with E-state index in [0.29, 0.717) is 11.0 Å². The van der Waals surface area contributed by atoms with Crippen molar-refractivity contribution in [3.8, 4) is 0 Å². The molecular weight excluding hydrogens is 1060 g/mol. The number of ketones is 1. The van der Waals surface area contributed by atoms with E-state index < -0.39 is 195 Å². The van der Waals surface area contributed by atoms with Crippen LogP contribution < -0.4 is 21.9 Å². The van der Waals surface area contributed by atoms with Crippen molar-refractivity contribution in [2.75, 3.05) is 5.75 Å². The number of hydrogen-bond acceptors (Lipinski definition) is 1. The first kappa shape index (κ1) is 58.2. The Kier molecular flexibility index (Phi) is 16.6. The van der Waals surface area contributed by atoms with Gasteiger partial charge in [0.15, 0.2) is 11.0 Å². The van der Waals surface area contributed by atoms with Crippen LogP contribution >= 0.6 is 0 Å². The van der Waals surface area contributed by atoms with E-state index in [-0.39, 0.29) is 0 Å². The standard InChI is InChI=1S/C32H12BF24.C13H22OS/c34-25(35,36)13-1-14(26(37,38)39)6-21(5-13)33(22-7-15(27(40,41)42)2-16(8-22)28(43,44)45,23-9-17(29(46,47)48)3-18(10-23)30(49,50)51)24-11-19(31(52,53)54)4-20(12-24)32(55,56)57;14-12-8-5-9-13(12)15-10-11-6-3-1-2-4-7-11/h1-12H;11,13H,1-10H2/q-1;/p+1. The van der Waals surface area contributed by atoms with Gasteiger partial charge in [0.25, 0.3) is 0 Å². The van der Waals surface area contributed by atoms with E-state index in [1.807, 2.05) is 0 Å². The molecule has 72 heavy (non-hydrogen) atoms. The molecule has 2 aliphatic carbocycles. The van der Waals surface area contributed by atoms with E-state index >= 15 is 0 Å². The molecule has 0 aliphatic heterocycles. The molecule has 1 unspecified atom stereocenters. The van der Waals surface area contributed by atoms with Gasteiger partial charge in [-0.1, -0.05) is 74.2 Å². The van der Waals surface area contributed by atoms with Crippen molar-refractivity contribution >= 4 is 45.5 Å². The molecule has 0 saturated heterocycles. The van der Waals surface area contributed by atoms with Gasteiger partial charge >= 0.3 is 49.4 Å². The number of hydrogen-bond donors (Lipinski definition) is 0. The van der Waals surface area contributed by atoms with E-state index in [1.54, 1.807) is 0 Å². The largest absolute Gasteiger partial charge is 0.416 e. The number of carbonyl (C=O) groups excluding carboxylic acids is 1. The molecule has 0 spiro atoms. The average molecular weight is 1090 g/mol. The van der Waals surface area contributed by atoms with Crippen molar-refractivity contribution in [2.24, 2.45) is 5.92 Å². The fourth-order valence-electron chi connectivity index (χ4n) is 8.88. The van der Waals surface area contributed by atoms with Gasteiger partial charge in [0, 0.05) is 18.8 Å². The molecule has 1 atom stereocenters. The number of benzene rings is 4. The molecule has 2 saturated carbocycles. The highest BCUT2D eigenvalue weighted by Gasteiger charge is 2.47. The van der Waals surface area contributed by atoms with Crippen LogP contribution in [0.25, 0.3) is 0 Å². The molecule has 4 aromatic carbocycles. The third-order valence-corrected chi connectivity index (χ3v) is 14.0. The lowest BCUT2D eigenvalue weighted by Crippen LogP contribution is -2.75. The normalized spacial score (nSPS) is 17.4. The second kappa shape index (κ2) is 20.5. The molecule has 0 radical (unpaired) electrons. The van der Waals surface area contributed by atoms with Crippen LogP contribution in [0.15, 0.2) is 72.8 Å². The molecule has 1 nitrogen and oxygen atoms in total. The Bertz CT molecular complexity index is 2110. The van der Waals surface area contributed by atoms with Crippen LogP contribution in [-0.2, 0) is 66.0 Å². The van der Waals surface area contributed by atoms with Crippen LogP contribution in [0.3, 0.4) is 0 Å². The molecule has 0 amide bonds. The summed E-state index contributed by atoms with van der Waals surface area (Å²) in [6.07, 6.45) is -43.0. The molecule has 0 N–H and O–H groups in total. The summed E-state index contributed by atoms with van der Waals surface area (Å²) in [5, 5.41) is 0.424. The van der Waals surface area contributed by atoms with Gasteiger partial charge in [-0.25, -0.2) is 0 Å². The van der Waals surface area contributed by atoms with E-state index in [4.69, 9.17) is 0 Å². The molecular formula is C45H35BF24OS. The minimum atomic E-state index is -6.13. The number of carbonyl (C=O) groups is 1. The van der Waals surface area contributed by atoms with Gasteiger partial charge in [-0.05, 0) is 55.3 Å². The van der Waals surface area contributed by atoms with E-state index in [1.165, 1.54) is 62.5 Å². The predicted octanol–water partition coefficient (Wildman–Crippen LogP) is 14.1. The first-order valence-electron chi connectivity index (χ1n) is 21.2. The smallest absolute Gasteiger partial charge is 0.294 e. The van der Waals surface area contributed by atoms with Crippen molar-refractivity contribution < 1.29 is 110 Å². The fraction of sp³-hybridized carbons (Fsp3) is 0.444. The van der Waals surface area contributed by atoms with Crippen LogP contribution in [0.5, 0.6) is 0 Å². The quantitative estimate of drug-likeness (QED) is 0.0593. The lowest BCUT2D eigenvalue weighted by molar-refractivity contribution is -0.144. The Morgan fingerprint density at radius 1 is 0.347 bits per heavy atom. The van der Waals surface area contributed by atoms with Crippen molar-refractivity contribution in [1.29, 1.82) is 0 Å². The Hall–Kier alpha value is -4.72. The number of rotatable bonds is 7. The molecule has 398 valence electrons. The molecule has 27 heteroatoms. The second-order valence-corrected chi connectivity index (χ2v) is 18.7. The molecule has 0 bridgehead atoms. The Labute approximate surface area is 396 Å². The molecule has 2 fully saturated rings. The molecule has 4 aromatic rings. The van der Waals surface area contributed by atoms with Crippen molar-refractivity contribution in [3.05, 3.63) is 117 Å². The van der Waals surface area contributed by atoms with Crippen molar-refractivity contribution in [3.63, 3.8) is 0 Å². The minimum absolute atomic E-state index is 0.424. The third kappa shape index (κ3) is 13.9. The highest BCUT2D eigenvalue weighted by Crippen LogP contribution is 2.41. The van der Waals surface area contributed by atoms with E-state index in [2.05, 4.69) is 0 Å². The lowest BCUT2D eigenvalue weighted by atomic mass is 9.12. The number of halogens is 24. The lowest BCUT2D eigenvalue weighted by Gasteiger charge is -2.46. The zero-order valence-corrected chi connectivity index (χ0v) is 37.1. The highest BCUT2D eigenvalue weighted by atomic mass is 32.2. The number of thiol groups is 1. The van der Waals surface area contributed by atoms with Gasteiger partial charge in [0.1, 0.15) is 11.9 Å². The zero-order valence-electron chi connectivity index (χ0n) is 36.2. The molecule has 0 heterocycles. The first-order chi connectivity index (χ1) is 32.6. The summed E-state index contributed by atoms with van der Waals surface area (Å²) in [5.74, 6) is 2.78. The van der Waals surface area contributed by atoms with Gasteiger partial charge in [-0.3, -0.25) is 4.79 Å². The zero-order chi connectivity index (χ0) is 54.4. The Morgan fingerprint density at radius 2 is 0.583 bits per heavy atom. The molecule has 6 rings (SSSR count). The van der Waals surface area contributed by atoms with Gasteiger partial charge in [0.05, 0.1) is 44.5 Å². The molecule has 2 aliphatic rings. The summed E-state index contributed by atoms with van der Waals surface area (Å²) in [6.45, 7) is 0. The van der Waals surface area contributed by atoms with Crippen LogP contribution in [0.1, 0.15) is 102 Å². The Morgan fingerprint density at radius 3 is 0.778 bits per heavy atom. The maximum Gasteiger partial charge on any atom is 0.416 e. The van der Waals surface area contributed by atoms with Crippen LogP contribution in [-0.4, -0.2) is 22.9 Å². The Balaban J connectivity index is 0.000000542. The highest BCUT2D eigenvalue weighted by molar-refractivity contribution is 7.80. The maximum atomic E-state index is 14.2. The van der Waals surface area contributed by atoms with Crippen molar-refractivity contribution in [1.82, 2.24) is 0 Å². The van der Waals surface area contributed by atoms with Gasteiger partial charge < -0.3 is 0 Å². The summed E-state index contributed by atoms with van der Waals surface area (Å²) in [6, 6.07) is -8.81. The van der Waals surface area contributed by atoms with Gasteiger partial charge in [0.2, 0.25) is 0 Å². The van der Waals surface area contributed by atoms with Crippen LogP contribution in [0, 0.1) is 5.92 Å². The van der Waals surface area contributed by atoms with Gasteiger partial charge in [-0.2, -0.15) is 127 Å². The summed E-state index contributed by atoms with van der Waals surface area (Å²) in [5.41, 5.74) is -30.2. The maximum absolute atomic E-state index is 14.2. The number of Topliss-reactive ketones (excluding diaryl/α,β-unsaturated/α-hetero) is 1. The van der Waals surface area contributed by atoms with E-state index in [0.717, 1.165) is 18.8 Å².